The zero-order valence-corrected chi connectivity index (χ0v) is 8.49. The highest BCUT2D eigenvalue weighted by molar-refractivity contribution is 6.30. The second-order valence-electron chi connectivity index (χ2n) is 3.33. The van der Waals surface area contributed by atoms with E-state index < -0.39 is 0 Å². The first-order chi connectivity index (χ1) is 6.72. The van der Waals surface area contributed by atoms with E-state index in [2.05, 4.69) is 9.97 Å². The lowest BCUT2D eigenvalue weighted by Gasteiger charge is -2.15. The molecule has 1 aliphatic carbocycles. The molecule has 0 saturated heterocycles. The van der Waals surface area contributed by atoms with Crippen molar-refractivity contribution in [2.24, 2.45) is 0 Å². The molecule has 1 aromatic heterocycles. The molecule has 5 heteroatoms. The molecule has 72 valence electrons. The molecule has 0 N–H and O–H groups in total. The minimum atomic E-state index is 0.227. The average Bonchev–Trinajstić information content (AvgIpc) is 3.00. The normalized spacial score (nSPS) is 14.9. The minimum Gasteiger partial charge on any atom is -0.341 e. The van der Waals surface area contributed by atoms with Gasteiger partial charge in [-0.15, -0.1) is 0 Å². The molecule has 0 atom stereocenters. The SMILES string of the molecule is CN(c1ncc(C#N)c(Cl)n1)C1CC1. The van der Waals surface area contributed by atoms with E-state index >= 15 is 0 Å². The van der Waals surface area contributed by atoms with E-state index in [9.17, 15) is 0 Å². The molecule has 0 amide bonds. The third-order valence-corrected chi connectivity index (χ3v) is 2.55. The molecule has 0 radical (unpaired) electrons. The zero-order valence-electron chi connectivity index (χ0n) is 7.74. The van der Waals surface area contributed by atoms with E-state index in [4.69, 9.17) is 16.9 Å². The average molecular weight is 209 g/mol. The predicted octanol–water partition coefficient (Wildman–Crippen LogP) is 1.60. The first-order valence-electron chi connectivity index (χ1n) is 4.38. The van der Waals surface area contributed by atoms with E-state index in [1.165, 1.54) is 19.0 Å². The van der Waals surface area contributed by atoms with Crippen molar-refractivity contribution in [3.63, 3.8) is 0 Å². The van der Waals surface area contributed by atoms with Crippen LogP contribution in [0.25, 0.3) is 0 Å². The fourth-order valence-electron chi connectivity index (χ4n) is 1.22. The Bertz CT molecular complexity index is 394. The molecule has 2 rings (SSSR count). The number of halogens is 1. The fourth-order valence-corrected chi connectivity index (χ4v) is 1.39. The number of nitrogens with zero attached hydrogens (tertiary/aromatic N) is 4. The van der Waals surface area contributed by atoms with Gasteiger partial charge in [0.15, 0.2) is 5.15 Å². The summed E-state index contributed by atoms with van der Waals surface area (Å²) in [7, 11) is 1.94. The molecule has 1 aromatic rings. The van der Waals surface area contributed by atoms with Gasteiger partial charge in [0.25, 0.3) is 0 Å². The summed E-state index contributed by atoms with van der Waals surface area (Å²) >= 11 is 5.80. The highest BCUT2D eigenvalue weighted by atomic mass is 35.5. The third kappa shape index (κ3) is 1.64. The molecule has 4 nitrogen and oxygen atoms in total. The van der Waals surface area contributed by atoms with Crippen LogP contribution in [0.15, 0.2) is 6.20 Å². The Labute approximate surface area is 87.1 Å². The maximum Gasteiger partial charge on any atom is 0.226 e. The lowest BCUT2D eigenvalue weighted by molar-refractivity contribution is 0.860. The molecule has 0 aromatic carbocycles. The lowest BCUT2D eigenvalue weighted by atomic mass is 10.4. The van der Waals surface area contributed by atoms with Crippen molar-refractivity contribution in [1.29, 1.82) is 5.26 Å². The highest BCUT2D eigenvalue weighted by Gasteiger charge is 2.28. The van der Waals surface area contributed by atoms with Crippen molar-refractivity contribution in [1.82, 2.24) is 9.97 Å². The van der Waals surface area contributed by atoms with Gasteiger partial charge in [-0.3, -0.25) is 0 Å². The Balaban J connectivity index is 2.28. The van der Waals surface area contributed by atoms with Crippen LogP contribution in [0.3, 0.4) is 0 Å². The lowest BCUT2D eigenvalue weighted by Crippen LogP contribution is -2.22. The van der Waals surface area contributed by atoms with Crippen molar-refractivity contribution in [2.75, 3.05) is 11.9 Å². The number of nitriles is 1. The van der Waals surface area contributed by atoms with Gasteiger partial charge in [0.2, 0.25) is 5.95 Å². The fraction of sp³-hybridized carbons (Fsp3) is 0.444. The molecule has 1 heterocycles. The standard InChI is InChI=1S/C9H9ClN4/c1-14(7-2-3-7)9-12-5-6(4-11)8(10)13-9/h5,7H,2-3H2,1H3. The molecule has 1 saturated carbocycles. The molecular formula is C9H9ClN4. The van der Waals surface area contributed by atoms with Crippen LogP contribution in [0.4, 0.5) is 5.95 Å². The van der Waals surface area contributed by atoms with Gasteiger partial charge in [-0.05, 0) is 12.8 Å². The summed E-state index contributed by atoms with van der Waals surface area (Å²) in [6.07, 6.45) is 3.82. The summed E-state index contributed by atoms with van der Waals surface area (Å²) in [5, 5.41) is 8.87. The number of hydrogen-bond donors (Lipinski definition) is 0. The summed E-state index contributed by atoms with van der Waals surface area (Å²) in [6.45, 7) is 0. The van der Waals surface area contributed by atoms with Crippen LogP contribution in [-0.4, -0.2) is 23.1 Å². The maximum atomic E-state index is 8.64. The molecule has 0 unspecified atom stereocenters. The Morgan fingerprint density at radius 1 is 1.64 bits per heavy atom. The number of anilines is 1. The van der Waals surface area contributed by atoms with E-state index in [0.29, 0.717) is 17.6 Å². The maximum absolute atomic E-state index is 8.64. The first kappa shape index (κ1) is 9.22. The van der Waals surface area contributed by atoms with Crippen molar-refractivity contribution < 1.29 is 0 Å². The third-order valence-electron chi connectivity index (χ3n) is 2.26. The number of hydrogen-bond acceptors (Lipinski definition) is 4. The summed E-state index contributed by atoms with van der Waals surface area (Å²) in [4.78, 5) is 10.1. The van der Waals surface area contributed by atoms with Crippen LogP contribution in [0, 0.1) is 11.3 Å². The zero-order chi connectivity index (χ0) is 10.1. The van der Waals surface area contributed by atoms with Crippen LogP contribution in [-0.2, 0) is 0 Å². The van der Waals surface area contributed by atoms with Crippen molar-refractivity contribution in [3.8, 4) is 6.07 Å². The molecule has 0 spiro atoms. The first-order valence-corrected chi connectivity index (χ1v) is 4.75. The molecule has 1 aliphatic rings. The van der Waals surface area contributed by atoms with E-state index in [-0.39, 0.29) is 5.15 Å². The Morgan fingerprint density at radius 2 is 2.36 bits per heavy atom. The van der Waals surface area contributed by atoms with Gasteiger partial charge in [0.1, 0.15) is 11.6 Å². The van der Waals surface area contributed by atoms with Crippen LogP contribution in [0.2, 0.25) is 5.15 Å². The van der Waals surface area contributed by atoms with Gasteiger partial charge in [0, 0.05) is 13.1 Å². The Hall–Kier alpha value is -1.34. The molecule has 0 bridgehead atoms. The summed E-state index contributed by atoms with van der Waals surface area (Å²) in [6, 6.07) is 2.47. The molecule has 1 fully saturated rings. The monoisotopic (exact) mass is 208 g/mol. The van der Waals surface area contributed by atoms with Gasteiger partial charge in [-0.25, -0.2) is 4.98 Å². The Morgan fingerprint density at radius 3 is 2.86 bits per heavy atom. The topological polar surface area (TPSA) is 52.8 Å². The number of aromatic nitrogens is 2. The minimum absolute atomic E-state index is 0.227. The van der Waals surface area contributed by atoms with Gasteiger partial charge in [-0.2, -0.15) is 10.2 Å². The van der Waals surface area contributed by atoms with E-state index in [0.717, 1.165) is 0 Å². The summed E-state index contributed by atoms with van der Waals surface area (Å²) < 4.78 is 0. The highest BCUT2D eigenvalue weighted by Crippen LogP contribution is 2.28. The second kappa shape index (κ2) is 3.43. The van der Waals surface area contributed by atoms with Crippen molar-refractivity contribution in [3.05, 3.63) is 16.9 Å². The van der Waals surface area contributed by atoms with Crippen LogP contribution in [0.1, 0.15) is 18.4 Å². The van der Waals surface area contributed by atoms with Crippen LogP contribution in [0.5, 0.6) is 0 Å². The second-order valence-corrected chi connectivity index (χ2v) is 3.69. The van der Waals surface area contributed by atoms with E-state index in [1.54, 1.807) is 0 Å². The Kier molecular flexibility index (Phi) is 2.26. The van der Waals surface area contributed by atoms with Gasteiger partial charge in [-0.1, -0.05) is 11.6 Å². The van der Waals surface area contributed by atoms with Crippen LogP contribution >= 0.6 is 11.6 Å². The summed E-state index contributed by atoms with van der Waals surface area (Å²) in [5.74, 6) is 0.594. The van der Waals surface area contributed by atoms with Gasteiger partial charge < -0.3 is 4.90 Å². The van der Waals surface area contributed by atoms with Gasteiger partial charge >= 0.3 is 0 Å². The quantitative estimate of drug-likeness (QED) is 0.693. The predicted molar refractivity (Wildman–Crippen MR) is 53.2 cm³/mol. The largest absolute Gasteiger partial charge is 0.341 e. The summed E-state index contributed by atoms with van der Waals surface area (Å²) in [5.41, 5.74) is 0.319. The number of rotatable bonds is 2. The van der Waals surface area contributed by atoms with E-state index in [1.807, 2.05) is 18.0 Å². The molecule has 0 aliphatic heterocycles. The van der Waals surface area contributed by atoms with Crippen molar-refractivity contribution in [2.45, 2.75) is 18.9 Å². The smallest absolute Gasteiger partial charge is 0.226 e. The van der Waals surface area contributed by atoms with Crippen molar-refractivity contribution >= 4 is 17.5 Å². The molecular weight excluding hydrogens is 200 g/mol. The van der Waals surface area contributed by atoms with Crippen LogP contribution < -0.4 is 4.90 Å². The molecule has 14 heavy (non-hydrogen) atoms. The van der Waals surface area contributed by atoms with Gasteiger partial charge in [0.05, 0.1) is 6.20 Å².